The van der Waals surface area contributed by atoms with Crippen molar-refractivity contribution in [2.45, 2.75) is 19.5 Å². The van der Waals surface area contributed by atoms with Crippen molar-refractivity contribution >= 4 is 16.9 Å². The van der Waals surface area contributed by atoms with Gasteiger partial charge in [0.1, 0.15) is 5.65 Å². The first-order chi connectivity index (χ1) is 13.6. The second-order valence-electron chi connectivity index (χ2n) is 6.79. The first-order valence-electron chi connectivity index (χ1n) is 8.85. The Morgan fingerprint density at radius 2 is 2.00 bits per heavy atom. The van der Waals surface area contributed by atoms with E-state index in [0.717, 1.165) is 28.2 Å². The minimum atomic E-state index is -0.106. The summed E-state index contributed by atoms with van der Waals surface area (Å²) in [6.07, 6.45) is 9.16. The van der Waals surface area contributed by atoms with Crippen molar-refractivity contribution in [3.05, 3.63) is 54.4 Å². The van der Waals surface area contributed by atoms with Crippen LogP contribution in [0.2, 0.25) is 0 Å². The maximum absolute atomic E-state index is 6.04. The fourth-order valence-corrected chi connectivity index (χ4v) is 3.20. The molecule has 0 aliphatic heterocycles. The van der Waals surface area contributed by atoms with Crippen LogP contribution >= 0.6 is 0 Å². The molecule has 0 aliphatic carbocycles. The molecule has 0 aromatic carbocycles. The minimum absolute atomic E-state index is 0.106. The normalized spacial score (nSPS) is 12.8. The number of pyridine rings is 1. The van der Waals surface area contributed by atoms with Crippen LogP contribution in [0.15, 0.2) is 43.1 Å². The molecule has 0 fully saturated rings. The largest absolute Gasteiger partial charge is 0.323 e. The van der Waals surface area contributed by atoms with Crippen LogP contribution in [0.25, 0.3) is 28.2 Å². The van der Waals surface area contributed by atoms with E-state index in [1.165, 1.54) is 0 Å². The van der Waals surface area contributed by atoms with E-state index in [2.05, 4.69) is 25.4 Å². The second kappa shape index (κ2) is 6.20. The SMILES string of the molecule is CC(N)c1cnc2ccc(Cn3nnc4ncc(-c5cnn(C)c5)nc43)cn12. The van der Waals surface area contributed by atoms with Gasteiger partial charge in [0.15, 0.2) is 5.65 Å². The third-order valence-corrected chi connectivity index (χ3v) is 4.62. The highest BCUT2D eigenvalue weighted by Crippen LogP contribution is 2.19. The first-order valence-corrected chi connectivity index (χ1v) is 8.85. The van der Waals surface area contributed by atoms with Gasteiger partial charge in [-0.05, 0) is 18.6 Å². The van der Waals surface area contributed by atoms with E-state index in [-0.39, 0.29) is 6.04 Å². The van der Waals surface area contributed by atoms with Gasteiger partial charge in [-0.2, -0.15) is 5.10 Å². The van der Waals surface area contributed by atoms with Gasteiger partial charge in [0.25, 0.3) is 0 Å². The van der Waals surface area contributed by atoms with Crippen LogP contribution in [0.1, 0.15) is 24.2 Å². The Labute approximate surface area is 159 Å². The molecular weight excluding hydrogens is 356 g/mol. The zero-order valence-corrected chi connectivity index (χ0v) is 15.4. The molecule has 5 aromatic rings. The maximum atomic E-state index is 6.04. The Balaban J connectivity index is 1.54. The van der Waals surface area contributed by atoms with Crippen LogP contribution in [-0.2, 0) is 13.6 Å². The molecule has 5 aromatic heterocycles. The molecule has 0 aliphatic rings. The molecule has 10 heteroatoms. The fraction of sp³-hybridized carbons (Fsp3) is 0.222. The fourth-order valence-electron chi connectivity index (χ4n) is 3.20. The molecule has 140 valence electrons. The van der Waals surface area contributed by atoms with Crippen LogP contribution < -0.4 is 5.73 Å². The average Bonchev–Trinajstić information content (AvgIpc) is 3.40. The lowest BCUT2D eigenvalue weighted by Crippen LogP contribution is -2.09. The predicted octanol–water partition coefficient (Wildman–Crippen LogP) is 1.34. The highest BCUT2D eigenvalue weighted by atomic mass is 15.5. The minimum Gasteiger partial charge on any atom is -0.323 e. The molecular formula is C18H18N10. The third kappa shape index (κ3) is 2.70. The number of hydrogen-bond acceptors (Lipinski definition) is 7. The highest BCUT2D eigenvalue weighted by molar-refractivity contribution is 5.69. The molecule has 10 nitrogen and oxygen atoms in total. The second-order valence-corrected chi connectivity index (χ2v) is 6.79. The van der Waals surface area contributed by atoms with Crippen molar-refractivity contribution < 1.29 is 0 Å². The van der Waals surface area contributed by atoms with Crippen molar-refractivity contribution in [2.24, 2.45) is 12.8 Å². The summed E-state index contributed by atoms with van der Waals surface area (Å²) in [4.78, 5) is 13.5. The summed E-state index contributed by atoms with van der Waals surface area (Å²) in [6, 6.07) is 3.87. The van der Waals surface area contributed by atoms with Crippen molar-refractivity contribution in [3.8, 4) is 11.3 Å². The Hall–Kier alpha value is -3.66. The van der Waals surface area contributed by atoms with Crippen molar-refractivity contribution in [1.29, 1.82) is 0 Å². The number of fused-ring (bicyclic) bond motifs is 2. The predicted molar refractivity (Wildman–Crippen MR) is 102 cm³/mol. The van der Waals surface area contributed by atoms with Crippen molar-refractivity contribution in [1.82, 2.24) is 44.1 Å². The van der Waals surface area contributed by atoms with Gasteiger partial charge in [0.05, 0.1) is 36.5 Å². The van der Waals surface area contributed by atoms with E-state index in [0.29, 0.717) is 17.8 Å². The van der Waals surface area contributed by atoms with Gasteiger partial charge in [-0.15, -0.1) is 5.10 Å². The smallest absolute Gasteiger partial charge is 0.221 e. The zero-order valence-electron chi connectivity index (χ0n) is 15.4. The lowest BCUT2D eigenvalue weighted by Gasteiger charge is -2.08. The summed E-state index contributed by atoms with van der Waals surface area (Å²) in [5, 5.41) is 12.5. The summed E-state index contributed by atoms with van der Waals surface area (Å²) in [5.41, 5.74) is 11.7. The van der Waals surface area contributed by atoms with Gasteiger partial charge in [-0.1, -0.05) is 11.3 Å². The highest BCUT2D eigenvalue weighted by Gasteiger charge is 2.13. The molecule has 2 N–H and O–H groups in total. The van der Waals surface area contributed by atoms with Crippen LogP contribution in [-0.4, -0.2) is 44.1 Å². The van der Waals surface area contributed by atoms with Gasteiger partial charge in [0.2, 0.25) is 5.65 Å². The molecule has 5 heterocycles. The lowest BCUT2D eigenvalue weighted by atomic mass is 10.2. The maximum Gasteiger partial charge on any atom is 0.221 e. The number of hydrogen-bond donors (Lipinski definition) is 1. The Morgan fingerprint density at radius 3 is 2.79 bits per heavy atom. The molecule has 0 bridgehead atoms. The van der Waals surface area contributed by atoms with Gasteiger partial charge in [-0.25, -0.2) is 19.6 Å². The zero-order chi connectivity index (χ0) is 19.3. The van der Waals surface area contributed by atoms with E-state index >= 15 is 0 Å². The number of imidazole rings is 1. The van der Waals surface area contributed by atoms with Crippen LogP contribution in [0, 0.1) is 0 Å². The van der Waals surface area contributed by atoms with Crippen molar-refractivity contribution in [3.63, 3.8) is 0 Å². The topological polar surface area (TPSA) is 118 Å². The number of nitrogens with zero attached hydrogens (tertiary/aromatic N) is 9. The number of nitrogens with two attached hydrogens (primary N) is 1. The Bertz CT molecular complexity index is 1290. The van der Waals surface area contributed by atoms with Crippen LogP contribution in [0.4, 0.5) is 0 Å². The summed E-state index contributed by atoms with van der Waals surface area (Å²) >= 11 is 0. The van der Waals surface area contributed by atoms with Gasteiger partial charge in [0, 0.05) is 31.0 Å². The van der Waals surface area contributed by atoms with E-state index < -0.39 is 0 Å². The van der Waals surface area contributed by atoms with Crippen LogP contribution in [0.3, 0.4) is 0 Å². The molecule has 1 unspecified atom stereocenters. The average molecular weight is 374 g/mol. The van der Waals surface area contributed by atoms with Gasteiger partial charge < -0.3 is 10.1 Å². The molecule has 0 saturated carbocycles. The molecule has 0 spiro atoms. The number of aryl methyl sites for hydroxylation is 1. The summed E-state index contributed by atoms with van der Waals surface area (Å²) in [6.45, 7) is 2.45. The summed E-state index contributed by atoms with van der Waals surface area (Å²) in [5.74, 6) is 0. The molecule has 0 amide bonds. The van der Waals surface area contributed by atoms with Gasteiger partial charge in [-0.3, -0.25) is 4.68 Å². The van der Waals surface area contributed by atoms with E-state index in [4.69, 9.17) is 10.7 Å². The van der Waals surface area contributed by atoms with E-state index in [1.807, 2.05) is 42.9 Å². The molecule has 5 rings (SSSR count). The Morgan fingerprint density at radius 1 is 1.11 bits per heavy atom. The molecule has 1 atom stereocenters. The quantitative estimate of drug-likeness (QED) is 0.504. The van der Waals surface area contributed by atoms with Crippen molar-refractivity contribution in [2.75, 3.05) is 0 Å². The third-order valence-electron chi connectivity index (χ3n) is 4.62. The molecule has 28 heavy (non-hydrogen) atoms. The number of aromatic nitrogens is 9. The summed E-state index contributed by atoms with van der Waals surface area (Å²) < 4.78 is 5.48. The lowest BCUT2D eigenvalue weighted by molar-refractivity contribution is 0.660. The molecule has 0 radical (unpaired) electrons. The monoisotopic (exact) mass is 374 g/mol. The standard InChI is InChI=1S/C18H18N10/c1-11(19)15-7-20-16-4-3-12(8-27(15)16)9-28-18-17(24-25-28)21-6-14(23-18)13-5-22-26(2)10-13/h3-8,10-11H,9,19H2,1-2H3. The number of rotatable bonds is 4. The molecule has 0 saturated heterocycles. The van der Waals surface area contributed by atoms with E-state index in [1.54, 1.807) is 28.0 Å². The first kappa shape index (κ1) is 16.5. The van der Waals surface area contributed by atoms with E-state index in [9.17, 15) is 0 Å². The van der Waals surface area contributed by atoms with Gasteiger partial charge >= 0.3 is 0 Å². The Kier molecular flexibility index (Phi) is 3.66. The summed E-state index contributed by atoms with van der Waals surface area (Å²) in [7, 11) is 1.87. The van der Waals surface area contributed by atoms with Crippen LogP contribution in [0.5, 0.6) is 0 Å².